The Hall–Kier alpha value is -1.86. The first-order valence-corrected chi connectivity index (χ1v) is 6.02. The van der Waals surface area contributed by atoms with Crippen LogP contribution in [-0.2, 0) is 6.42 Å². The zero-order chi connectivity index (χ0) is 13.4. The molecule has 0 aliphatic carbocycles. The predicted molar refractivity (Wildman–Crippen MR) is 71.3 cm³/mol. The number of rotatable bonds is 6. The van der Waals surface area contributed by atoms with Crippen molar-refractivity contribution in [2.45, 2.75) is 12.8 Å². The molecule has 0 aliphatic rings. The van der Waals surface area contributed by atoms with Crippen molar-refractivity contribution in [1.29, 1.82) is 5.26 Å². The number of nitriles is 1. The van der Waals surface area contributed by atoms with Gasteiger partial charge in [0.25, 0.3) is 5.91 Å². The molecule has 0 aromatic heterocycles. The molecule has 4 nitrogen and oxygen atoms in total. The molecule has 96 valence electrons. The van der Waals surface area contributed by atoms with Gasteiger partial charge in [-0.1, -0.05) is 12.1 Å². The highest BCUT2D eigenvalue weighted by molar-refractivity contribution is 5.94. The molecule has 1 amide bonds. The van der Waals surface area contributed by atoms with Crippen molar-refractivity contribution in [1.82, 2.24) is 10.2 Å². The lowest BCUT2D eigenvalue weighted by Gasteiger charge is -2.10. The van der Waals surface area contributed by atoms with Gasteiger partial charge in [-0.2, -0.15) is 5.26 Å². The smallest absolute Gasteiger partial charge is 0.251 e. The van der Waals surface area contributed by atoms with Gasteiger partial charge in [0.15, 0.2) is 0 Å². The van der Waals surface area contributed by atoms with Crippen molar-refractivity contribution in [3.05, 3.63) is 35.4 Å². The van der Waals surface area contributed by atoms with E-state index in [1.807, 2.05) is 26.2 Å². The van der Waals surface area contributed by atoms with Crippen LogP contribution >= 0.6 is 0 Å². The summed E-state index contributed by atoms with van der Waals surface area (Å²) in [7, 11) is 4.02. The summed E-state index contributed by atoms with van der Waals surface area (Å²) in [5.41, 5.74) is 1.57. The van der Waals surface area contributed by atoms with Gasteiger partial charge in [0.2, 0.25) is 0 Å². The van der Waals surface area contributed by atoms with Gasteiger partial charge in [-0.3, -0.25) is 4.79 Å². The first-order chi connectivity index (χ1) is 8.63. The molecule has 1 aromatic carbocycles. The molecule has 0 unspecified atom stereocenters. The topological polar surface area (TPSA) is 56.1 Å². The molecule has 18 heavy (non-hydrogen) atoms. The fourth-order valence-corrected chi connectivity index (χ4v) is 1.56. The molecule has 0 bridgehead atoms. The molecule has 1 rings (SSSR count). The fraction of sp³-hybridized carbons (Fsp3) is 0.429. The van der Waals surface area contributed by atoms with E-state index in [0.717, 1.165) is 18.5 Å². The highest BCUT2D eigenvalue weighted by Crippen LogP contribution is 2.04. The van der Waals surface area contributed by atoms with Gasteiger partial charge in [-0.25, -0.2) is 0 Å². The number of amides is 1. The number of hydrogen-bond donors (Lipinski definition) is 1. The third-order valence-electron chi connectivity index (χ3n) is 2.57. The maximum absolute atomic E-state index is 11.8. The Labute approximate surface area is 108 Å². The zero-order valence-corrected chi connectivity index (χ0v) is 10.9. The van der Waals surface area contributed by atoms with E-state index in [1.165, 1.54) is 0 Å². The van der Waals surface area contributed by atoms with Gasteiger partial charge in [0.1, 0.15) is 0 Å². The van der Waals surface area contributed by atoms with E-state index in [1.54, 1.807) is 12.1 Å². The Morgan fingerprint density at radius 1 is 1.33 bits per heavy atom. The van der Waals surface area contributed by atoms with Gasteiger partial charge in [-0.05, 0) is 44.8 Å². The molecule has 0 saturated carbocycles. The Balaban J connectivity index is 2.40. The predicted octanol–water partition coefficient (Wildman–Crippen LogP) is 1.43. The van der Waals surface area contributed by atoms with Crippen LogP contribution in [-0.4, -0.2) is 38.0 Å². The van der Waals surface area contributed by atoms with Gasteiger partial charge >= 0.3 is 0 Å². The van der Waals surface area contributed by atoms with Gasteiger partial charge in [-0.15, -0.1) is 0 Å². The van der Waals surface area contributed by atoms with E-state index in [2.05, 4.69) is 16.3 Å². The number of nitrogens with zero attached hydrogens (tertiary/aromatic N) is 2. The van der Waals surface area contributed by atoms with Crippen LogP contribution in [0.2, 0.25) is 0 Å². The van der Waals surface area contributed by atoms with Crippen molar-refractivity contribution < 1.29 is 4.79 Å². The monoisotopic (exact) mass is 245 g/mol. The lowest BCUT2D eigenvalue weighted by molar-refractivity contribution is 0.0952. The van der Waals surface area contributed by atoms with Crippen molar-refractivity contribution >= 4 is 5.91 Å². The van der Waals surface area contributed by atoms with Crippen molar-refractivity contribution in [3.8, 4) is 6.07 Å². The van der Waals surface area contributed by atoms with E-state index < -0.39 is 0 Å². The quantitative estimate of drug-likeness (QED) is 0.771. The minimum absolute atomic E-state index is 0.0581. The molecular formula is C14H19N3O. The maximum atomic E-state index is 11.8. The summed E-state index contributed by atoms with van der Waals surface area (Å²) in [6.45, 7) is 1.64. The van der Waals surface area contributed by atoms with E-state index in [4.69, 9.17) is 5.26 Å². The summed E-state index contributed by atoms with van der Waals surface area (Å²) in [6.07, 6.45) is 1.32. The molecule has 0 heterocycles. The van der Waals surface area contributed by atoms with Gasteiger partial charge in [0.05, 0.1) is 12.5 Å². The van der Waals surface area contributed by atoms with Crippen LogP contribution in [0.25, 0.3) is 0 Å². The van der Waals surface area contributed by atoms with E-state index in [9.17, 15) is 4.79 Å². The van der Waals surface area contributed by atoms with Crippen LogP contribution < -0.4 is 5.32 Å². The number of carbonyl (C=O) groups excluding carboxylic acids is 1. The molecule has 4 heteroatoms. The molecule has 0 fully saturated rings. The molecule has 0 radical (unpaired) electrons. The second-order valence-corrected chi connectivity index (χ2v) is 4.44. The van der Waals surface area contributed by atoms with Crippen molar-refractivity contribution in [2.75, 3.05) is 27.2 Å². The second kappa shape index (κ2) is 7.46. The number of benzene rings is 1. The summed E-state index contributed by atoms with van der Waals surface area (Å²) in [6, 6.07) is 9.23. The second-order valence-electron chi connectivity index (χ2n) is 4.44. The SMILES string of the molecule is CN(C)CCCNC(=O)c1ccc(CC#N)cc1. The summed E-state index contributed by atoms with van der Waals surface area (Å²) in [4.78, 5) is 13.9. The maximum Gasteiger partial charge on any atom is 0.251 e. The van der Waals surface area contributed by atoms with E-state index in [0.29, 0.717) is 18.5 Å². The molecule has 0 aliphatic heterocycles. The Morgan fingerprint density at radius 2 is 2.00 bits per heavy atom. The third kappa shape index (κ3) is 4.98. The van der Waals surface area contributed by atoms with Crippen LogP contribution in [0.15, 0.2) is 24.3 Å². The Bertz CT molecular complexity index is 418. The van der Waals surface area contributed by atoms with Crippen LogP contribution in [0.1, 0.15) is 22.3 Å². The summed E-state index contributed by atoms with van der Waals surface area (Å²) < 4.78 is 0. The van der Waals surface area contributed by atoms with E-state index >= 15 is 0 Å². The van der Waals surface area contributed by atoms with Crippen LogP contribution in [0.3, 0.4) is 0 Å². The first kappa shape index (κ1) is 14.2. The fourth-order valence-electron chi connectivity index (χ4n) is 1.56. The molecule has 0 saturated heterocycles. The standard InChI is InChI=1S/C14H19N3O/c1-17(2)11-3-10-16-14(18)13-6-4-12(5-7-13)8-9-15/h4-7H,3,8,10-11H2,1-2H3,(H,16,18). The highest BCUT2D eigenvalue weighted by atomic mass is 16.1. The van der Waals surface area contributed by atoms with Crippen molar-refractivity contribution in [3.63, 3.8) is 0 Å². The lowest BCUT2D eigenvalue weighted by Crippen LogP contribution is -2.27. The highest BCUT2D eigenvalue weighted by Gasteiger charge is 2.04. The van der Waals surface area contributed by atoms with Crippen molar-refractivity contribution in [2.24, 2.45) is 0 Å². The first-order valence-electron chi connectivity index (χ1n) is 6.02. The minimum atomic E-state index is -0.0581. The average molecular weight is 245 g/mol. The third-order valence-corrected chi connectivity index (χ3v) is 2.57. The minimum Gasteiger partial charge on any atom is -0.352 e. The molecule has 0 atom stereocenters. The number of hydrogen-bond acceptors (Lipinski definition) is 3. The Kier molecular flexibility index (Phi) is 5.89. The molecule has 1 N–H and O–H groups in total. The van der Waals surface area contributed by atoms with Gasteiger partial charge in [0, 0.05) is 12.1 Å². The van der Waals surface area contributed by atoms with Crippen LogP contribution in [0.5, 0.6) is 0 Å². The number of carbonyl (C=O) groups is 1. The Morgan fingerprint density at radius 3 is 2.56 bits per heavy atom. The molecule has 0 spiro atoms. The number of nitrogens with one attached hydrogen (secondary N) is 1. The molecule has 1 aromatic rings. The summed E-state index contributed by atoms with van der Waals surface area (Å²) >= 11 is 0. The van der Waals surface area contributed by atoms with Gasteiger partial charge < -0.3 is 10.2 Å². The average Bonchev–Trinajstić information content (AvgIpc) is 2.35. The van der Waals surface area contributed by atoms with Crippen LogP contribution in [0.4, 0.5) is 0 Å². The van der Waals surface area contributed by atoms with E-state index in [-0.39, 0.29) is 5.91 Å². The summed E-state index contributed by atoms with van der Waals surface area (Å²) in [5, 5.41) is 11.4. The molecular weight excluding hydrogens is 226 g/mol. The van der Waals surface area contributed by atoms with Crippen LogP contribution in [0, 0.1) is 11.3 Å². The summed E-state index contributed by atoms with van der Waals surface area (Å²) in [5.74, 6) is -0.0581. The zero-order valence-electron chi connectivity index (χ0n) is 10.9. The normalized spacial score (nSPS) is 10.1. The largest absolute Gasteiger partial charge is 0.352 e. The lowest BCUT2D eigenvalue weighted by atomic mass is 10.1.